The van der Waals surface area contributed by atoms with E-state index in [9.17, 15) is 9.59 Å². The Bertz CT molecular complexity index is 404. The van der Waals surface area contributed by atoms with E-state index in [1.54, 1.807) is 38.7 Å². The third-order valence-corrected chi connectivity index (χ3v) is 2.33. The van der Waals surface area contributed by atoms with Crippen LogP contribution >= 0.6 is 0 Å². The van der Waals surface area contributed by atoms with E-state index in [4.69, 9.17) is 0 Å². The lowest BCUT2D eigenvalue weighted by Crippen LogP contribution is -2.28. The van der Waals surface area contributed by atoms with Crippen LogP contribution in [0.25, 0.3) is 0 Å². The lowest BCUT2D eigenvalue weighted by Gasteiger charge is -2.12. The van der Waals surface area contributed by atoms with Gasteiger partial charge >= 0.3 is 0 Å². The molecule has 0 saturated carbocycles. The third kappa shape index (κ3) is 2.32. The topological polar surface area (TPSA) is 37.4 Å². The standard InChI is InChI=1S/C10H9BNO2.C2H6/c1-12-10(14)8-5-3-2-4-7(8)9(13)6-11-12;1-2/h2-5H,6H2,1H3;1-2H3. The van der Waals surface area contributed by atoms with Crippen LogP contribution in [0.2, 0.25) is 6.32 Å². The molecule has 3 nitrogen and oxygen atoms in total. The molecule has 0 spiro atoms. The quantitative estimate of drug-likeness (QED) is 0.622. The van der Waals surface area contributed by atoms with Gasteiger partial charge in [0.25, 0.3) is 7.41 Å². The molecule has 2 rings (SSSR count). The van der Waals surface area contributed by atoms with Crippen molar-refractivity contribution in [2.24, 2.45) is 0 Å². The predicted molar refractivity (Wildman–Crippen MR) is 64.8 cm³/mol. The van der Waals surface area contributed by atoms with Gasteiger partial charge in [-0.2, -0.15) is 0 Å². The number of nitrogens with zero attached hydrogens (tertiary/aromatic N) is 1. The smallest absolute Gasteiger partial charge is 0.258 e. The molecule has 0 saturated heterocycles. The summed E-state index contributed by atoms with van der Waals surface area (Å²) in [6.07, 6.45) is 0.291. The number of hydrogen-bond donors (Lipinski definition) is 0. The van der Waals surface area contributed by atoms with Gasteiger partial charge in [-0.3, -0.25) is 9.59 Å². The number of rotatable bonds is 0. The van der Waals surface area contributed by atoms with Gasteiger partial charge < -0.3 is 4.81 Å². The van der Waals surface area contributed by atoms with Crippen LogP contribution in [0, 0.1) is 0 Å². The number of carbonyl (C=O) groups excluding carboxylic acids is 2. The minimum Gasteiger partial charge on any atom is -0.389 e. The van der Waals surface area contributed by atoms with E-state index in [1.165, 1.54) is 4.81 Å². The summed E-state index contributed by atoms with van der Waals surface area (Å²) in [7, 11) is 3.28. The first-order chi connectivity index (χ1) is 7.70. The van der Waals surface area contributed by atoms with E-state index in [2.05, 4.69) is 0 Å². The van der Waals surface area contributed by atoms with Gasteiger partial charge in [0.15, 0.2) is 5.78 Å². The maximum atomic E-state index is 11.7. The van der Waals surface area contributed by atoms with Crippen molar-refractivity contribution < 1.29 is 9.59 Å². The number of ketones is 1. The predicted octanol–water partition coefficient (Wildman–Crippen LogP) is 2.02. The molecular weight excluding hydrogens is 201 g/mol. The molecule has 0 aliphatic carbocycles. The Morgan fingerprint density at radius 1 is 1.12 bits per heavy atom. The highest BCUT2D eigenvalue weighted by Gasteiger charge is 2.24. The van der Waals surface area contributed by atoms with E-state index in [1.807, 2.05) is 13.8 Å². The van der Waals surface area contributed by atoms with Crippen LogP contribution in [0.1, 0.15) is 34.6 Å². The molecule has 1 aromatic carbocycles. The van der Waals surface area contributed by atoms with Crippen molar-refractivity contribution in [2.75, 3.05) is 7.05 Å². The number of amides is 1. The van der Waals surface area contributed by atoms with E-state index in [0.717, 1.165) is 0 Å². The zero-order valence-electron chi connectivity index (χ0n) is 9.86. The van der Waals surface area contributed by atoms with Crippen molar-refractivity contribution in [1.29, 1.82) is 0 Å². The molecule has 0 unspecified atom stereocenters. The Hall–Kier alpha value is -1.58. The maximum Gasteiger partial charge on any atom is 0.258 e. The van der Waals surface area contributed by atoms with Gasteiger partial charge in [-0.1, -0.05) is 32.0 Å². The Morgan fingerprint density at radius 3 is 2.31 bits per heavy atom. The summed E-state index contributed by atoms with van der Waals surface area (Å²) < 4.78 is 0. The van der Waals surface area contributed by atoms with Gasteiger partial charge in [0.2, 0.25) is 5.91 Å². The second-order valence-electron chi connectivity index (χ2n) is 3.27. The van der Waals surface area contributed by atoms with Crippen LogP contribution in [-0.4, -0.2) is 31.0 Å². The van der Waals surface area contributed by atoms with E-state index >= 15 is 0 Å². The summed E-state index contributed by atoms with van der Waals surface area (Å²) in [4.78, 5) is 24.8. The van der Waals surface area contributed by atoms with Crippen LogP contribution < -0.4 is 0 Å². The molecule has 0 atom stereocenters. The monoisotopic (exact) mass is 216 g/mol. The summed E-state index contributed by atoms with van der Waals surface area (Å²) in [6, 6.07) is 6.92. The summed E-state index contributed by atoms with van der Waals surface area (Å²) in [5.41, 5.74) is 1.02. The summed E-state index contributed by atoms with van der Waals surface area (Å²) in [5.74, 6) is -0.121. The van der Waals surface area contributed by atoms with Crippen molar-refractivity contribution in [2.45, 2.75) is 20.2 Å². The van der Waals surface area contributed by atoms with E-state index < -0.39 is 0 Å². The summed E-state index contributed by atoms with van der Waals surface area (Å²) in [5, 5.41) is 0. The highest BCUT2D eigenvalue weighted by atomic mass is 16.2. The van der Waals surface area contributed by atoms with Gasteiger partial charge in [0.1, 0.15) is 0 Å². The lowest BCUT2D eigenvalue weighted by molar-refractivity contribution is 0.0880. The molecule has 0 aromatic heterocycles. The minimum atomic E-state index is -0.119. The molecule has 0 bridgehead atoms. The zero-order chi connectivity index (χ0) is 12.1. The first-order valence-corrected chi connectivity index (χ1v) is 5.43. The van der Waals surface area contributed by atoms with Gasteiger partial charge in [-0.25, -0.2) is 0 Å². The van der Waals surface area contributed by atoms with Crippen LogP contribution in [0.5, 0.6) is 0 Å². The Morgan fingerprint density at radius 2 is 1.69 bits per heavy atom. The Balaban J connectivity index is 0.000000606. The number of hydrogen-bond acceptors (Lipinski definition) is 2. The minimum absolute atomic E-state index is 0.00157. The maximum absolute atomic E-state index is 11.7. The molecule has 0 fully saturated rings. The van der Waals surface area contributed by atoms with Crippen LogP contribution in [0.4, 0.5) is 0 Å². The number of Topliss-reactive ketones (excluding diaryl/α,β-unsaturated/α-hetero) is 1. The molecule has 1 heterocycles. The fourth-order valence-electron chi connectivity index (χ4n) is 1.52. The van der Waals surface area contributed by atoms with Crippen LogP contribution in [0.15, 0.2) is 24.3 Å². The zero-order valence-corrected chi connectivity index (χ0v) is 9.86. The molecular formula is C12H15BNO2. The molecule has 1 amide bonds. The van der Waals surface area contributed by atoms with Crippen molar-refractivity contribution >= 4 is 19.1 Å². The normalized spacial score (nSPS) is 14.3. The van der Waals surface area contributed by atoms with Crippen LogP contribution in [-0.2, 0) is 0 Å². The van der Waals surface area contributed by atoms with Crippen molar-refractivity contribution in [3.8, 4) is 0 Å². The van der Waals surface area contributed by atoms with Crippen molar-refractivity contribution in [3.05, 3.63) is 35.4 Å². The SMILES string of the molecule is CC.CN1[B]CC(=O)c2ccccc2C1=O. The average molecular weight is 216 g/mol. The molecule has 0 N–H and O–H groups in total. The Labute approximate surface area is 96.7 Å². The average Bonchev–Trinajstić information content (AvgIpc) is 2.46. The second-order valence-corrected chi connectivity index (χ2v) is 3.27. The Kier molecular flexibility index (Phi) is 4.29. The third-order valence-electron chi connectivity index (χ3n) is 2.33. The van der Waals surface area contributed by atoms with Crippen molar-refractivity contribution in [1.82, 2.24) is 4.81 Å². The van der Waals surface area contributed by atoms with E-state index in [0.29, 0.717) is 17.4 Å². The van der Waals surface area contributed by atoms with E-state index in [-0.39, 0.29) is 11.7 Å². The van der Waals surface area contributed by atoms with Gasteiger partial charge in [-0.05, 0) is 13.1 Å². The fourth-order valence-corrected chi connectivity index (χ4v) is 1.52. The molecule has 83 valence electrons. The molecule has 1 aliphatic rings. The van der Waals surface area contributed by atoms with Crippen molar-refractivity contribution in [3.63, 3.8) is 0 Å². The highest BCUT2D eigenvalue weighted by molar-refractivity contribution is 6.46. The molecule has 4 heteroatoms. The largest absolute Gasteiger partial charge is 0.389 e. The molecule has 16 heavy (non-hydrogen) atoms. The molecule has 1 aromatic rings. The summed E-state index contributed by atoms with van der Waals surface area (Å²) in [6.45, 7) is 4.00. The van der Waals surface area contributed by atoms with Gasteiger partial charge in [-0.15, -0.1) is 0 Å². The first-order valence-electron chi connectivity index (χ1n) is 5.43. The molecule has 1 aliphatic heterocycles. The fraction of sp³-hybridized carbons (Fsp3) is 0.333. The number of benzene rings is 1. The highest BCUT2D eigenvalue weighted by Crippen LogP contribution is 2.16. The second kappa shape index (κ2) is 5.49. The molecule has 1 radical (unpaired) electrons. The number of carbonyl (C=O) groups is 2. The lowest BCUT2D eigenvalue weighted by atomic mass is 9.84. The van der Waals surface area contributed by atoms with Gasteiger partial charge in [0.05, 0.1) is 0 Å². The van der Waals surface area contributed by atoms with Gasteiger partial charge in [0, 0.05) is 17.4 Å². The van der Waals surface area contributed by atoms with Crippen LogP contribution in [0.3, 0.4) is 0 Å². The first kappa shape index (κ1) is 12.5. The summed E-state index contributed by atoms with van der Waals surface area (Å²) >= 11 is 0. The number of fused-ring (bicyclic) bond motifs is 1.